The van der Waals surface area contributed by atoms with Gasteiger partial charge in [-0.1, -0.05) is 72.5 Å². The van der Waals surface area contributed by atoms with Crippen molar-refractivity contribution < 1.29 is 4.79 Å². The van der Waals surface area contributed by atoms with Gasteiger partial charge in [-0.15, -0.1) is 0 Å². The van der Waals surface area contributed by atoms with E-state index in [0.717, 1.165) is 28.1 Å². The third-order valence-electron chi connectivity index (χ3n) is 5.01. The van der Waals surface area contributed by atoms with Crippen LogP contribution < -0.4 is 4.90 Å². The van der Waals surface area contributed by atoms with Gasteiger partial charge in [0.15, 0.2) is 4.32 Å². The first-order valence-corrected chi connectivity index (χ1v) is 11.3. The van der Waals surface area contributed by atoms with Crippen molar-refractivity contribution in [1.29, 1.82) is 0 Å². The zero-order valence-corrected chi connectivity index (χ0v) is 18.6. The van der Waals surface area contributed by atoms with Gasteiger partial charge < -0.3 is 0 Å². The number of benzene rings is 2. The van der Waals surface area contributed by atoms with E-state index in [1.54, 1.807) is 17.3 Å². The quantitative estimate of drug-likeness (QED) is 0.299. The van der Waals surface area contributed by atoms with Crippen LogP contribution in [0.25, 0.3) is 17.3 Å². The van der Waals surface area contributed by atoms with Gasteiger partial charge in [0.1, 0.15) is 5.69 Å². The number of anilines is 1. The van der Waals surface area contributed by atoms with Crippen LogP contribution in [0.2, 0.25) is 0 Å². The Balaban J connectivity index is 1.53. The number of pyridine rings is 1. The number of rotatable bonds is 5. The van der Waals surface area contributed by atoms with Crippen LogP contribution in [-0.2, 0) is 11.3 Å². The molecule has 32 heavy (non-hydrogen) atoms. The van der Waals surface area contributed by atoms with Gasteiger partial charge in [-0.3, -0.25) is 19.4 Å². The number of amides is 1. The summed E-state index contributed by atoms with van der Waals surface area (Å²) in [6.07, 6.45) is 7.35. The SMILES string of the molecule is O=C1/C(=C/c2cn(Cc3ccccc3)nc2-c2cccnc2)SC(=S)N1c1ccccc1. The number of carbonyl (C=O) groups excluding carboxylic acids is 1. The predicted molar refractivity (Wildman–Crippen MR) is 133 cm³/mol. The first kappa shape index (κ1) is 20.4. The maximum atomic E-state index is 13.2. The van der Waals surface area contributed by atoms with E-state index in [1.807, 2.05) is 77.6 Å². The molecular weight excluding hydrogens is 436 g/mol. The molecule has 0 N–H and O–H groups in total. The largest absolute Gasteiger partial charge is 0.270 e. The highest BCUT2D eigenvalue weighted by Crippen LogP contribution is 2.37. The number of thiocarbonyl (C=S) groups is 1. The fourth-order valence-electron chi connectivity index (χ4n) is 3.53. The van der Waals surface area contributed by atoms with Crippen molar-refractivity contribution >= 4 is 46.0 Å². The Bertz CT molecular complexity index is 1300. The molecule has 3 heterocycles. The second-order valence-electron chi connectivity index (χ2n) is 7.21. The molecule has 0 bridgehead atoms. The molecule has 0 radical (unpaired) electrons. The number of hydrogen-bond acceptors (Lipinski definition) is 5. The van der Waals surface area contributed by atoms with E-state index in [1.165, 1.54) is 11.8 Å². The third kappa shape index (κ3) is 4.12. The van der Waals surface area contributed by atoms with Gasteiger partial charge in [0, 0.05) is 29.7 Å². The molecule has 5 nitrogen and oxygen atoms in total. The lowest BCUT2D eigenvalue weighted by atomic mass is 10.1. The highest BCUT2D eigenvalue weighted by atomic mass is 32.2. The normalized spacial score (nSPS) is 15.0. The zero-order valence-electron chi connectivity index (χ0n) is 17.0. The van der Waals surface area contributed by atoms with Crippen LogP contribution in [0.5, 0.6) is 0 Å². The molecule has 1 fully saturated rings. The van der Waals surface area contributed by atoms with Gasteiger partial charge in [0.25, 0.3) is 5.91 Å². The van der Waals surface area contributed by atoms with Crippen molar-refractivity contribution in [2.45, 2.75) is 6.54 Å². The number of nitrogens with zero attached hydrogens (tertiary/aromatic N) is 4. The highest BCUT2D eigenvalue weighted by molar-refractivity contribution is 8.27. The molecular formula is C25H18N4OS2. The number of para-hydroxylation sites is 1. The smallest absolute Gasteiger partial charge is 0.268 e. The van der Waals surface area contributed by atoms with Crippen LogP contribution in [0.3, 0.4) is 0 Å². The molecule has 0 unspecified atom stereocenters. The Kier molecular flexibility index (Phi) is 5.66. The van der Waals surface area contributed by atoms with Crippen LogP contribution in [0, 0.1) is 0 Å². The summed E-state index contributed by atoms with van der Waals surface area (Å²) in [5.41, 5.74) is 4.44. The van der Waals surface area contributed by atoms with Crippen molar-refractivity contribution in [3.8, 4) is 11.3 Å². The van der Waals surface area contributed by atoms with Crippen LogP contribution in [0.4, 0.5) is 5.69 Å². The Morgan fingerprint density at radius 2 is 1.72 bits per heavy atom. The molecule has 0 spiro atoms. The van der Waals surface area contributed by atoms with E-state index in [2.05, 4.69) is 17.1 Å². The number of hydrogen-bond donors (Lipinski definition) is 0. The van der Waals surface area contributed by atoms with Crippen LogP contribution >= 0.6 is 24.0 Å². The Morgan fingerprint density at radius 1 is 0.969 bits per heavy atom. The lowest BCUT2D eigenvalue weighted by Crippen LogP contribution is -2.27. The molecule has 0 atom stereocenters. The van der Waals surface area contributed by atoms with Crippen molar-refractivity contribution in [2.24, 2.45) is 0 Å². The molecule has 156 valence electrons. The number of aromatic nitrogens is 3. The van der Waals surface area contributed by atoms with Gasteiger partial charge >= 0.3 is 0 Å². The average Bonchev–Trinajstić information content (AvgIpc) is 3.35. The summed E-state index contributed by atoms with van der Waals surface area (Å²) in [4.78, 5) is 19.6. The topological polar surface area (TPSA) is 51.0 Å². The molecule has 5 rings (SSSR count). The summed E-state index contributed by atoms with van der Waals surface area (Å²) < 4.78 is 2.41. The molecule has 0 aliphatic carbocycles. The van der Waals surface area contributed by atoms with Crippen molar-refractivity contribution in [1.82, 2.24) is 14.8 Å². The fraction of sp³-hybridized carbons (Fsp3) is 0.0400. The molecule has 2 aromatic carbocycles. The average molecular weight is 455 g/mol. The van der Waals surface area contributed by atoms with Crippen molar-refractivity contribution in [2.75, 3.05) is 4.90 Å². The van der Waals surface area contributed by atoms with E-state index in [0.29, 0.717) is 15.8 Å². The van der Waals surface area contributed by atoms with Gasteiger partial charge in [0.2, 0.25) is 0 Å². The van der Waals surface area contributed by atoms with Crippen LogP contribution in [-0.4, -0.2) is 25.0 Å². The summed E-state index contributed by atoms with van der Waals surface area (Å²) in [5, 5.41) is 4.80. The van der Waals surface area contributed by atoms with Crippen molar-refractivity contribution in [3.63, 3.8) is 0 Å². The molecule has 1 amide bonds. The van der Waals surface area contributed by atoms with E-state index in [-0.39, 0.29) is 5.91 Å². The summed E-state index contributed by atoms with van der Waals surface area (Å²) in [5.74, 6) is -0.126. The molecule has 1 aliphatic heterocycles. The van der Waals surface area contributed by atoms with E-state index < -0.39 is 0 Å². The summed E-state index contributed by atoms with van der Waals surface area (Å²) in [7, 11) is 0. The predicted octanol–water partition coefficient (Wildman–Crippen LogP) is 5.40. The van der Waals surface area contributed by atoms with Gasteiger partial charge in [-0.2, -0.15) is 5.10 Å². The van der Waals surface area contributed by atoms with Gasteiger partial charge in [0.05, 0.1) is 17.1 Å². The summed E-state index contributed by atoms with van der Waals surface area (Å²) in [6.45, 7) is 0.632. The van der Waals surface area contributed by atoms with E-state index in [9.17, 15) is 4.79 Å². The van der Waals surface area contributed by atoms with Crippen LogP contribution in [0.15, 0.2) is 96.3 Å². The van der Waals surface area contributed by atoms with E-state index >= 15 is 0 Å². The molecule has 2 aromatic heterocycles. The Labute approximate surface area is 195 Å². The molecule has 1 aliphatic rings. The second-order valence-corrected chi connectivity index (χ2v) is 8.89. The molecule has 4 aromatic rings. The number of carbonyl (C=O) groups is 1. The number of thioether (sulfide) groups is 1. The fourth-order valence-corrected chi connectivity index (χ4v) is 4.82. The first-order chi connectivity index (χ1) is 15.7. The maximum Gasteiger partial charge on any atom is 0.270 e. The Hall–Kier alpha value is -3.55. The van der Waals surface area contributed by atoms with Crippen LogP contribution in [0.1, 0.15) is 11.1 Å². The molecule has 7 heteroatoms. The zero-order chi connectivity index (χ0) is 21.9. The van der Waals surface area contributed by atoms with Crippen molar-refractivity contribution in [3.05, 3.63) is 107 Å². The first-order valence-electron chi connectivity index (χ1n) is 10.0. The monoisotopic (exact) mass is 454 g/mol. The highest BCUT2D eigenvalue weighted by Gasteiger charge is 2.33. The molecule has 1 saturated heterocycles. The summed E-state index contributed by atoms with van der Waals surface area (Å²) in [6, 6.07) is 23.5. The standard InChI is InChI=1S/C25H18N4OS2/c30-24-22(32-25(31)29(24)21-11-5-2-6-12-21)14-20-17-28(16-18-8-3-1-4-9-18)27-23(20)19-10-7-13-26-15-19/h1-15,17H,16H2/b22-14-. The minimum Gasteiger partial charge on any atom is -0.268 e. The van der Waals surface area contributed by atoms with E-state index in [4.69, 9.17) is 17.3 Å². The Morgan fingerprint density at radius 3 is 2.44 bits per heavy atom. The van der Waals surface area contributed by atoms with Gasteiger partial charge in [-0.05, 0) is 35.9 Å². The maximum absolute atomic E-state index is 13.2. The lowest BCUT2D eigenvalue weighted by molar-refractivity contribution is -0.113. The second kappa shape index (κ2) is 8.90. The summed E-state index contributed by atoms with van der Waals surface area (Å²) >= 11 is 6.81. The van der Waals surface area contributed by atoms with Gasteiger partial charge in [-0.25, -0.2) is 0 Å². The minimum atomic E-state index is -0.126. The third-order valence-corrected chi connectivity index (χ3v) is 6.31. The lowest BCUT2D eigenvalue weighted by Gasteiger charge is -2.13. The molecule has 0 saturated carbocycles. The minimum absolute atomic E-state index is 0.126.